The highest BCUT2D eigenvalue weighted by Gasteiger charge is 2.33. The highest BCUT2D eigenvalue weighted by molar-refractivity contribution is 9.11. The zero-order valence-corrected chi connectivity index (χ0v) is 19.9. The lowest BCUT2D eigenvalue weighted by atomic mass is 10.1. The molecule has 0 aromatic heterocycles. The molecule has 0 aliphatic heterocycles. The Hall–Kier alpha value is -2.72. The van der Waals surface area contributed by atoms with Gasteiger partial charge in [-0.1, -0.05) is 28.1 Å². The number of nitro groups is 1. The lowest BCUT2D eigenvalue weighted by Gasteiger charge is -2.13. The molecule has 0 bridgehead atoms. The smallest absolute Gasteiger partial charge is 0.416 e. The van der Waals surface area contributed by atoms with Crippen LogP contribution in [0.1, 0.15) is 22.3 Å². The molecule has 0 saturated heterocycles. The minimum Gasteiger partial charge on any atom is -0.448 e. The van der Waals surface area contributed by atoms with E-state index in [0.29, 0.717) is 20.6 Å². The van der Waals surface area contributed by atoms with Gasteiger partial charge in [0.15, 0.2) is 5.75 Å². The van der Waals surface area contributed by atoms with Gasteiger partial charge in [-0.25, -0.2) is 0 Å². The summed E-state index contributed by atoms with van der Waals surface area (Å²) >= 11 is 6.72. The first-order valence-electron chi connectivity index (χ1n) is 9.10. The lowest BCUT2D eigenvalue weighted by molar-refractivity contribution is -0.385. The quantitative estimate of drug-likeness (QED) is 0.176. The van der Waals surface area contributed by atoms with Crippen LogP contribution in [0.3, 0.4) is 0 Å². The molecule has 5 nitrogen and oxygen atoms in total. The molecule has 0 atom stereocenters. The van der Waals surface area contributed by atoms with Gasteiger partial charge >= 0.3 is 11.9 Å². The SMILES string of the molecule is Cc1cccc(N=Cc2cc(Br)cc(Br)c2Oc2ccc(C(F)(F)F)cc2[N+](=O)[O-])c1C. The Kier molecular flexibility index (Phi) is 7.04. The van der Waals surface area contributed by atoms with E-state index in [4.69, 9.17) is 4.74 Å². The fourth-order valence-corrected chi connectivity index (χ4v) is 4.17. The maximum absolute atomic E-state index is 13.0. The summed E-state index contributed by atoms with van der Waals surface area (Å²) in [7, 11) is 0. The average molecular weight is 572 g/mol. The Morgan fingerprint density at radius 2 is 1.81 bits per heavy atom. The number of halogens is 5. The van der Waals surface area contributed by atoms with Gasteiger partial charge in [0.25, 0.3) is 0 Å². The molecule has 0 fully saturated rings. The first-order chi connectivity index (χ1) is 15.0. The molecule has 3 aromatic rings. The van der Waals surface area contributed by atoms with E-state index in [1.165, 1.54) is 6.21 Å². The Morgan fingerprint density at radius 3 is 2.47 bits per heavy atom. The van der Waals surface area contributed by atoms with E-state index >= 15 is 0 Å². The molecule has 166 valence electrons. The van der Waals surface area contributed by atoms with Crippen LogP contribution >= 0.6 is 31.9 Å². The second-order valence-electron chi connectivity index (χ2n) is 6.82. The van der Waals surface area contributed by atoms with Crippen molar-refractivity contribution in [3.8, 4) is 11.5 Å². The maximum atomic E-state index is 13.0. The zero-order valence-electron chi connectivity index (χ0n) is 16.7. The molecular formula is C22H15Br2F3N2O3. The van der Waals surface area contributed by atoms with Gasteiger partial charge in [-0.05, 0) is 71.2 Å². The van der Waals surface area contributed by atoms with Gasteiger partial charge < -0.3 is 4.74 Å². The van der Waals surface area contributed by atoms with E-state index in [2.05, 4.69) is 36.9 Å². The van der Waals surface area contributed by atoms with Crippen LogP contribution < -0.4 is 4.74 Å². The van der Waals surface area contributed by atoms with Crippen molar-refractivity contribution in [2.45, 2.75) is 20.0 Å². The predicted octanol–water partition coefficient (Wildman–Crippen LogP) is 8.30. The van der Waals surface area contributed by atoms with Gasteiger partial charge in [-0.2, -0.15) is 13.2 Å². The first kappa shape index (κ1) is 23.9. The number of aliphatic imine (C=N–C) groups is 1. The minimum absolute atomic E-state index is 0.171. The van der Waals surface area contributed by atoms with Gasteiger partial charge in [0.2, 0.25) is 5.75 Å². The number of benzene rings is 3. The highest BCUT2D eigenvalue weighted by Crippen LogP contribution is 2.41. The molecule has 10 heteroatoms. The normalized spacial score (nSPS) is 11.7. The Bertz CT molecular complexity index is 1230. The third-order valence-electron chi connectivity index (χ3n) is 4.65. The third-order valence-corrected chi connectivity index (χ3v) is 5.70. The summed E-state index contributed by atoms with van der Waals surface area (Å²) in [6, 6.07) is 11.1. The monoisotopic (exact) mass is 570 g/mol. The number of nitrogens with zero attached hydrogens (tertiary/aromatic N) is 2. The lowest BCUT2D eigenvalue weighted by Crippen LogP contribution is -2.06. The number of ether oxygens (including phenoxy) is 1. The van der Waals surface area contributed by atoms with E-state index in [-0.39, 0.29) is 11.5 Å². The van der Waals surface area contributed by atoms with Crippen LogP contribution in [0.25, 0.3) is 0 Å². The second-order valence-corrected chi connectivity index (χ2v) is 8.59. The van der Waals surface area contributed by atoms with Crippen molar-refractivity contribution in [1.29, 1.82) is 0 Å². The van der Waals surface area contributed by atoms with Crippen LogP contribution in [0.4, 0.5) is 24.5 Å². The van der Waals surface area contributed by atoms with Gasteiger partial charge in [0.1, 0.15) is 0 Å². The van der Waals surface area contributed by atoms with Gasteiger partial charge in [-0.3, -0.25) is 15.1 Å². The van der Waals surface area contributed by atoms with Crippen molar-refractivity contribution in [2.75, 3.05) is 0 Å². The van der Waals surface area contributed by atoms with E-state index < -0.39 is 22.4 Å². The van der Waals surface area contributed by atoms with Crippen LogP contribution in [-0.2, 0) is 6.18 Å². The average Bonchev–Trinajstić information content (AvgIpc) is 2.70. The van der Waals surface area contributed by atoms with E-state index in [0.717, 1.165) is 28.9 Å². The second kappa shape index (κ2) is 9.41. The Morgan fingerprint density at radius 1 is 1.09 bits per heavy atom. The van der Waals surface area contributed by atoms with Gasteiger partial charge in [0.05, 0.1) is 20.6 Å². The number of hydrogen-bond donors (Lipinski definition) is 0. The van der Waals surface area contributed by atoms with Crippen LogP contribution in [0.2, 0.25) is 0 Å². The first-order valence-corrected chi connectivity index (χ1v) is 10.7. The van der Waals surface area contributed by atoms with Crippen molar-refractivity contribution in [3.05, 3.63) is 89.8 Å². The van der Waals surface area contributed by atoms with Crippen molar-refractivity contribution < 1.29 is 22.8 Å². The topological polar surface area (TPSA) is 64.7 Å². The number of hydrogen-bond acceptors (Lipinski definition) is 4. The molecule has 0 aliphatic rings. The molecule has 0 N–H and O–H groups in total. The fraction of sp³-hybridized carbons (Fsp3) is 0.136. The highest BCUT2D eigenvalue weighted by atomic mass is 79.9. The van der Waals surface area contributed by atoms with Crippen molar-refractivity contribution >= 4 is 49.4 Å². The van der Waals surface area contributed by atoms with Crippen molar-refractivity contribution in [3.63, 3.8) is 0 Å². The molecular weight excluding hydrogens is 557 g/mol. The van der Waals surface area contributed by atoms with E-state index in [1.807, 2.05) is 32.0 Å². The van der Waals surface area contributed by atoms with E-state index in [9.17, 15) is 23.3 Å². The largest absolute Gasteiger partial charge is 0.448 e. The maximum Gasteiger partial charge on any atom is 0.416 e. The molecule has 0 radical (unpaired) electrons. The van der Waals surface area contributed by atoms with Gasteiger partial charge in [-0.15, -0.1) is 0 Å². The predicted molar refractivity (Wildman–Crippen MR) is 123 cm³/mol. The molecule has 0 unspecified atom stereocenters. The van der Waals surface area contributed by atoms with Crippen molar-refractivity contribution in [1.82, 2.24) is 0 Å². The van der Waals surface area contributed by atoms with Crippen molar-refractivity contribution in [2.24, 2.45) is 4.99 Å². The molecule has 0 amide bonds. The molecule has 0 saturated carbocycles. The number of nitro benzene ring substituents is 1. The standard InChI is InChI=1S/C22H15Br2F3N2O3/c1-12-4-3-5-18(13(12)2)28-11-14-8-16(23)10-17(24)21(14)32-20-7-6-15(22(25,26)27)9-19(20)29(30)31/h3-11H,1-2H3. The molecule has 3 rings (SSSR count). The van der Waals surface area contributed by atoms with Gasteiger partial charge in [0, 0.05) is 22.3 Å². The number of alkyl halides is 3. The van der Waals surface area contributed by atoms with Crippen LogP contribution in [0, 0.1) is 24.0 Å². The molecule has 0 aliphatic carbocycles. The fourth-order valence-electron chi connectivity index (χ4n) is 2.83. The summed E-state index contributed by atoms with van der Waals surface area (Å²) in [6.45, 7) is 3.89. The molecule has 0 spiro atoms. The summed E-state index contributed by atoms with van der Waals surface area (Å²) in [4.78, 5) is 15.0. The Labute approximate surface area is 198 Å². The van der Waals surface area contributed by atoms with Crippen LogP contribution in [-0.4, -0.2) is 11.1 Å². The molecule has 0 heterocycles. The third kappa shape index (κ3) is 5.36. The Balaban J connectivity index is 2.07. The summed E-state index contributed by atoms with van der Waals surface area (Å²) in [5, 5.41) is 11.4. The minimum atomic E-state index is -4.72. The summed E-state index contributed by atoms with van der Waals surface area (Å²) in [5.41, 5.74) is 1.30. The number of aryl methyl sites for hydroxylation is 1. The molecule has 3 aromatic carbocycles. The summed E-state index contributed by atoms with van der Waals surface area (Å²) < 4.78 is 45.8. The zero-order chi connectivity index (χ0) is 23.6. The van der Waals surface area contributed by atoms with Crippen LogP contribution in [0.5, 0.6) is 11.5 Å². The molecule has 32 heavy (non-hydrogen) atoms. The summed E-state index contributed by atoms with van der Waals surface area (Å²) in [6.07, 6.45) is -3.19. The number of rotatable bonds is 5. The summed E-state index contributed by atoms with van der Waals surface area (Å²) in [5.74, 6) is -0.155. The van der Waals surface area contributed by atoms with Crippen LogP contribution in [0.15, 0.2) is 62.5 Å². The van der Waals surface area contributed by atoms with E-state index in [1.54, 1.807) is 12.1 Å².